The summed E-state index contributed by atoms with van der Waals surface area (Å²) in [6.07, 6.45) is 2.09. The number of hydrogen-bond donors (Lipinski definition) is 1. The lowest BCUT2D eigenvalue weighted by Crippen LogP contribution is -2.23. The first-order valence-corrected chi connectivity index (χ1v) is 8.49. The van der Waals surface area contributed by atoms with Gasteiger partial charge >= 0.3 is 0 Å². The summed E-state index contributed by atoms with van der Waals surface area (Å²) in [5, 5.41) is 14.2. The van der Waals surface area contributed by atoms with Crippen molar-refractivity contribution in [2.75, 3.05) is 6.54 Å². The van der Waals surface area contributed by atoms with E-state index in [-0.39, 0.29) is 0 Å². The molecule has 5 heteroatoms. The lowest BCUT2D eigenvalue weighted by atomic mass is 10.1. The van der Waals surface area contributed by atoms with Crippen LogP contribution in [0.15, 0.2) is 22.7 Å². The van der Waals surface area contributed by atoms with Crippen LogP contribution in [-0.2, 0) is 6.42 Å². The number of aromatic nitrogens is 2. The first-order chi connectivity index (χ1) is 9.56. The van der Waals surface area contributed by atoms with Crippen LogP contribution >= 0.6 is 27.3 Å². The number of hydrogen-bond acceptors (Lipinski definition) is 4. The zero-order valence-corrected chi connectivity index (χ0v) is 14.5. The molecule has 0 aliphatic rings. The molecule has 1 aromatic heterocycles. The van der Waals surface area contributed by atoms with E-state index in [9.17, 15) is 0 Å². The largest absolute Gasteiger partial charge is 0.315 e. The summed E-state index contributed by atoms with van der Waals surface area (Å²) in [7, 11) is 0. The third kappa shape index (κ3) is 4.36. The minimum absolute atomic E-state index is 0.546. The minimum atomic E-state index is 0.546. The molecule has 0 amide bonds. The molecule has 20 heavy (non-hydrogen) atoms. The molecule has 0 unspecified atom stereocenters. The molecule has 1 N–H and O–H groups in total. The third-order valence-corrected chi connectivity index (χ3v) is 4.53. The highest BCUT2D eigenvalue weighted by Gasteiger charge is 2.09. The van der Waals surface area contributed by atoms with Gasteiger partial charge in [0.15, 0.2) is 0 Å². The maximum Gasteiger partial charge on any atom is 0.148 e. The predicted octanol–water partition coefficient (Wildman–Crippen LogP) is 4.21. The van der Waals surface area contributed by atoms with Gasteiger partial charge in [-0.25, -0.2) is 0 Å². The van der Waals surface area contributed by atoms with Gasteiger partial charge in [-0.1, -0.05) is 47.2 Å². The molecular weight excluding hydrogens is 334 g/mol. The average molecular weight is 354 g/mol. The second-order valence-corrected chi connectivity index (χ2v) is 7.15. The Balaban J connectivity index is 2.00. The van der Waals surface area contributed by atoms with E-state index in [4.69, 9.17) is 0 Å². The normalized spacial score (nSPS) is 11.2. The monoisotopic (exact) mass is 353 g/mol. The van der Waals surface area contributed by atoms with Gasteiger partial charge in [0.2, 0.25) is 0 Å². The summed E-state index contributed by atoms with van der Waals surface area (Å²) < 4.78 is 1.08. The molecule has 0 aliphatic carbocycles. The minimum Gasteiger partial charge on any atom is -0.315 e. The second kappa shape index (κ2) is 7.29. The molecule has 1 heterocycles. The molecule has 3 nitrogen and oxygen atoms in total. The highest BCUT2D eigenvalue weighted by molar-refractivity contribution is 9.10. The summed E-state index contributed by atoms with van der Waals surface area (Å²) in [4.78, 5) is 0. The molecular formula is C15H20BrN3S. The van der Waals surface area contributed by atoms with Crippen molar-refractivity contribution in [2.24, 2.45) is 0 Å². The molecule has 0 atom stereocenters. The second-order valence-electron chi connectivity index (χ2n) is 5.17. The Kier molecular flexibility index (Phi) is 5.69. The molecule has 0 aliphatic heterocycles. The van der Waals surface area contributed by atoms with Crippen molar-refractivity contribution >= 4 is 27.3 Å². The smallest absolute Gasteiger partial charge is 0.148 e. The molecule has 2 rings (SSSR count). The van der Waals surface area contributed by atoms with Crippen LogP contribution in [0.25, 0.3) is 10.6 Å². The quantitative estimate of drug-likeness (QED) is 0.790. The van der Waals surface area contributed by atoms with Crippen molar-refractivity contribution in [3.8, 4) is 10.6 Å². The third-order valence-electron chi connectivity index (χ3n) is 3.02. The Morgan fingerprint density at radius 3 is 2.85 bits per heavy atom. The molecule has 1 aromatic carbocycles. The van der Waals surface area contributed by atoms with Crippen molar-refractivity contribution in [1.82, 2.24) is 15.5 Å². The Morgan fingerprint density at radius 1 is 1.30 bits per heavy atom. The molecule has 0 bridgehead atoms. The van der Waals surface area contributed by atoms with Crippen molar-refractivity contribution in [3.05, 3.63) is 33.2 Å². The average Bonchev–Trinajstić information content (AvgIpc) is 2.86. The Morgan fingerprint density at radius 2 is 2.10 bits per heavy atom. The van der Waals surface area contributed by atoms with Crippen LogP contribution in [0.3, 0.4) is 0 Å². The van der Waals surface area contributed by atoms with Gasteiger partial charge in [0.1, 0.15) is 10.0 Å². The van der Waals surface area contributed by atoms with Crippen molar-refractivity contribution in [1.29, 1.82) is 0 Å². The molecule has 0 fully saturated rings. The summed E-state index contributed by atoms with van der Waals surface area (Å²) >= 11 is 5.21. The van der Waals surface area contributed by atoms with Gasteiger partial charge in [0.05, 0.1) is 0 Å². The van der Waals surface area contributed by atoms with Crippen LogP contribution in [0, 0.1) is 6.92 Å². The Labute approximate surface area is 133 Å². The van der Waals surface area contributed by atoms with Crippen LogP contribution in [0.1, 0.15) is 30.8 Å². The number of benzene rings is 1. The SMILES string of the molecule is Cc1ccc(Br)cc1-c1nnc(CCCNC(C)C)s1. The summed E-state index contributed by atoms with van der Waals surface area (Å²) in [6, 6.07) is 6.81. The van der Waals surface area contributed by atoms with E-state index in [0.717, 1.165) is 33.9 Å². The molecule has 0 saturated carbocycles. The lowest BCUT2D eigenvalue weighted by molar-refractivity contribution is 0.569. The number of aryl methyl sites for hydroxylation is 2. The van der Waals surface area contributed by atoms with Crippen LogP contribution < -0.4 is 5.32 Å². The van der Waals surface area contributed by atoms with Crippen molar-refractivity contribution in [2.45, 2.75) is 39.7 Å². The Hall–Kier alpha value is -0.780. The van der Waals surface area contributed by atoms with E-state index in [1.807, 2.05) is 0 Å². The van der Waals surface area contributed by atoms with Gasteiger partial charge in [-0.3, -0.25) is 0 Å². The fraction of sp³-hybridized carbons (Fsp3) is 0.467. The zero-order chi connectivity index (χ0) is 14.5. The van der Waals surface area contributed by atoms with Crippen molar-refractivity contribution in [3.63, 3.8) is 0 Å². The van der Waals surface area contributed by atoms with Gasteiger partial charge in [-0.15, -0.1) is 10.2 Å². The lowest BCUT2D eigenvalue weighted by Gasteiger charge is -2.05. The van der Waals surface area contributed by atoms with E-state index < -0.39 is 0 Å². The highest BCUT2D eigenvalue weighted by Crippen LogP contribution is 2.29. The maximum absolute atomic E-state index is 4.33. The van der Waals surface area contributed by atoms with Gasteiger partial charge < -0.3 is 5.32 Å². The number of rotatable bonds is 6. The summed E-state index contributed by atoms with van der Waals surface area (Å²) in [5.74, 6) is 0. The van der Waals surface area contributed by atoms with E-state index in [2.05, 4.69) is 70.4 Å². The van der Waals surface area contributed by atoms with Crippen LogP contribution in [0.2, 0.25) is 0 Å². The molecule has 108 valence electrons. The molecule has 0 saturated heterocycles. The summed E-state index contributed by atoms with van der Waals surface area (Å²) in [6.45, 7) is 7.47. The number of nitrogens with one attached hydrogen (secondary N) is 1. The predicted molar refractivity (Wildman–Crippen MR) is 89.2 cm³/mol. The van der Waals surface area contributed by atoms with Crippen LogP contribution in [-0.4, -0.2) is 22.8 Å². The number of nitrogens with zero attached hydrogens (tertiary/aromatic N) is 2. The zero-order valence-electron chi connectivity index (χ0n) is 12.1. The fourth-order valence-electron chi connectivity index (χ4n) is 1.92. The number of halogens is 1. The van der Waals surface area contributed by atoms with Crippen LogP contribution in [0.5, 0.6) is 0 Å². The van der Waals surface area contributed by atoms with Gasteiger partial charge in [0, 0.05) is 22.5 Å². The summed E-state index contributed by atoms with van der Waals surface area (Å²) in [5.41, 5.74) is 2.40. The fourth-order valence-corrected chi connectivity index (χ4v) is 3.24. The van der Waals surface area contributed by atoms with E-state index >= 15 is 0 Å². The Bertz CT molecular complexity index is 566. The highest BCUT2D eigenvalue weighted by atomic mass is 79.9. The van der Waals surface area contributed by atoms with E-state index in [1.54, 1.807) is 11.3 Å². The van der Waals surface area contributed by atoms with E-state index in [0.29, 0.717) is 6.04 Å². The maximum atomic E-state index is 4.33. The van der Waals surface area contributed by atoms with Gasteiger partial charge in [-0.2, -0.15) is 0 Å². The first kappa shape index (κ1) is 15.6. The molecule has 0 spiro atoms. The van der Waals surface area contributed by atoms with Gasteiger partial charge in [-0.05, 0) is 37.6 Å². The molecule has 0 radical (unpaired) electrons. The first-order valence-electron chi connectivity index (χ1n) is 6.88. The topological polar surface area (TPSA) is 37.8 Å². The van der Waals surface area contributed by atoms with E-state index in [1.165, 1.54) is 11.1 Å². The van der Waals surface area contributed by atoms with Crippen molar-refractivity contribution < 1.29 is 0 Å². The van der Waals surface area contributed by atoms with Crippen LogP contribution in [0.4, 0.5) is 0 Å². The standard InChI is InChI=1S/C15H20BrN3S/c1-10(2)17-8-4-5-14-18-19-15(20-14)13-9-12(16)7-6-11(13)3/h6-7,9-10,17H,4-5,8H2,1-3H3. The van der Waals surface area contributed by atoms with Gasteiger partial charge in [0.25, 0.3) is 0 Å². The molecule has 2 aromatic rings.